The van der Waals surface area contributed by atoms with Gasteiger partial charge < -0.3 is 15.0 Å². The van der Waals surface area contributed by atoms with Crippen LogP contribution in [0.25, 0.3) is 0 Å². The van der Waals surface area contributed by atoms with Crippen molar-refractivity contribution in [3.63, 3.8) is 0 Å². The number of ether oxygens (including phenoxy) is 1. The number of benzene rings is 2. The molecule has 0 aliphatic carbocycles. The van der Waals surface area contributed by atoms with Crippen molar-refractivity contribution in [2.24, 2.45) is 0 Å². The molecule has 1 N–H and O–H groups in total. The molecule has 0 unspecified atom stereocenters. The number of hydrogen-bond donors (Lipinski definition) is 1. The molecule has 3 rings (SSSR count). The number of hydrogen-bond acceptors (Lipinski definition) is 4. The van der Waals surface area contributed by atoms with Gasteiger partial charge in [-0.15, -0.1) is 0 Å². The van der Waals surface area contributed by atoms with Crippen molar-refractivity contribution < 1.29 is 9.53 Å². The quantitative estimate of drug-likeness (QED) is 0.656. The number of piperazine rings is 1. The summed E-state index contributed by atoms with van der Waals surface area (Å²) < 4.78 is 5.71. The van der Waals surface area contributed by atoms with E-state index in [-0.39, 0.29) is 5.91 Å². The highest BCUT2D eigenvalue weighted by molar-refractivity contribution is 5.90. The number of anilines is 1. The highest BCUT2D eigenvalue weighted by Crippen LogP contribution is 2.15. The number of nitrogens with one attached hydrogen (secondary N) is 1. The molecule has 5 nitrogen and oxygen atoms in total. The van der Waals surface area contributed by atoms with Gasteiger partial charge in [0.2, 0.25) is 5.91 Å². The minimum absolute atomic E-state index is 0.0294. The summed E-state index contributed by atoms with van der Waals surface area (Å²) in [7, 11) is 2.17. The Morgan fingerprint density at radius 3 is 2.28 bits per heavy atom. The van der Waals surface area contributed by atoms with E-state index < -0.39 is 0 Å². The minimum atomic E-state index is 0.0294. The number of nitrogens with zero attached hydrogens (tertiary/aromatic N) is 2. The predicted molar refractivity (Wildman–Crippen MR) is 118 cm³/mol. The van der Waals surface area contributed by atoms with E-state index in [9.17, 15) is 4.79 Å². The minimum Gasteiger partial charge on any atom is -0.494 e. The van der Waals surface area contributed by atoms with Gasteiger partial charge in [0, 0.05) is 44.8 Å². The normalized spacial score (nSPS) is 15.2. The van der Waals surface area contributed by atoms with Crippen LogP contribution in [0.1, 0.15) is 30.9 Å². The number of carbonyl (C=O) groups is 1. The largest absolute Gasteiger partial charge is 0.494 e. The summed E-state index contributed by atoms with van der Waals surface area (Å²) >= 11 is 0. The van der Waals surface area contributed by atoms with Crippen molar-refractivity contribution in [1.29, 1.82) is 0 Å². The fourth-order valence-electron chi connectivity index (χ4n) is 3.43. The third-order valence-corrected chi connectivity index (χ3v) is 5.39. The second-order valence-corrected chi connectivity index (χ2v) is 7.77. The van der Waals surface area contributed by atoms with Gasteiger partial charge in [0.1, 0.15) is 5.75 Å². The van der Waals surface area contributed by atoms with Crippen molar-refractivity contribution in [2.45, 2.75) is 32.7 Å². The lowest BCUT2D eigenvalue weighted by Gasteiger charge is -2.32. The lowest BCUT2D eigenvalue weighted by atomic mass is 10.1. The molecule has 0 radical (unpaired) electrons. The van der Waals surface area contributed by atoms with Crippen LogP contribution in [-0.4, -0.2) is 55.5 Å². The van der Waals surface area contributed by atoms with E-state index in [1.165, 1.54) is 11.1 Å². The van der Waals surface area contributed by atoms with E-state index in [0.29, 0.717) is 19.4 Å². The number of rotatable bonds is 9. The first kappa shape index (κ1) is 21.3. The lowest BCUT2D eigenvalue weighted by molar-refractivity contribution is -0.116. The molecule has 1 aliphatic heterocycles. The molecule has 1 saturated heterocycles. The Morgan fingerprint density at radius 2 is 1.62 bits per heavy atom. The van der Waals surface area contributed by atoms with Gasteiger partial charge in [0.15, 0.2) is 0 Å². The highest BCUT2D eigenvalue weighted by atomic mass is 16.5. The molecule has 5 heteroatoms. The molecule has 2 aromatic carbocycles. The Morgan fingerprint density at radius 1 is 0.966 bits per heavy atom. The lowest BCUT2D eigenvalue weighted by Crippen LogP contribution is -2.43. The molecule has 1 heterocycles. The fraction of sp³-hybridized carbons (Fsp3) is 0.458. The predicted octanol–water partition coefficient (Wildman–Crippen LogP) is 3.79. The van der Waals surface area contributed by atoms with Gasteiger partial charge in [-0.3, -0.25) is 9.69 Å². The van der Waals surface area contributed by atoms with Gasteiger partial charge in [0.05, 0.1) is 6.61 Å². The third-order valence-electron chi connectivity index (χ3n) is 5.39. The van der Waals surface area contributed by atoms with Gasteiger partial charge in [-0.2, -0.15) is 0 Å². The maximum Gasteiger partial charge on any atom is 0.224 e. The molecule has 1 aliphatic rings. The van der Waals surface area contributed by atoms with Crippen molar-refractivity contribution in [3.05, 3.63) is 59.7 Å². The van der Waals surface area contributed by atoms with E-state index in [1.807, 2.05) is 24.3 Å². The van der Waals surface area contributed by atoms with E-state index in [1.54, 1.807) is 0 Å². The molecule has 0 atom stereocenters. The molecule has 156 valence electrons. The molecule has 0 spiro atoms. The number of carbonyl (C=O) groups excluding carboxylic acids is 1. The average molecular weight is 396 g/mol. The number of likely N-dealkylation sites (N-methyl/N-ethyl adjacent to an activating group) is 1. The molecule has 2 aromatic rings. The number of amides is 1. The molecule has 0 bridgehead atoms. The fourth-order valence-corrected chi connectivity index (χ4v) is 3.43. The van der Waals surface area contributed by atoms with Crippen molar-refractivity contribution in [3.8, 4) is 5.75 Å². The monoisotopic (exact) mass is 395 g/mol. The summed E-state index contributed by atoms with van der Waals surface area (Å²) in [5, 5.41) is 2.98. The Balaban J connectivity index is 1.34. The summed E-state index contributed by atoms with van der Waals surface area (Å²) in [6.45, 7) is 8.13. The van der Waals surface area contributed by atoms with Gasteiger partial charge >= 0.3 is 0 Å². The first-order valence-corrected chi connectivity index (χ1v) is 10.6. The Labute approximate surface area is 174 Å². The van der Waals surface area contributed by atoms with Crippen LogP contribution in [0.15, 0.2) is 48.5 Å². The summed E-state index contributed by atoms with van der Waals surface area (Å²) in [5.41, 5.74) is 3.44. The molecule has 1 fully saturated rings. The van der Waals surface area contributed by atoms with Crippen LogP contribution < -0.4 is 10.1 Å². The topological polar surface area (TPSA) is 44.8 Å². The average Bonchev–Trinajstić information content (AvgIpc) is 2.75. The zero-order valence-corrected chi connectivity index (χ0v) is 17.7. The molecule has 1 amide bonds. The molecule has 29 heavy (non-hydrogen) atoms. The second kappa shape index (κ2) is 11.0. The van der Waals surface area contributed by atoms with Crippen LogP contribution in [0.2, 0.25) is 0 Å². The van der Waals surface area contributed by atoms with Gasteiger partial charge in [-0.1, -0.05) is 31.2 Å². The second-order valence-electron chi connectivity index (χ2n) is 7.77. The first-order chi connectivity index (χ1) is 14.1. The summed E-state index contributed by atoms with van der Waals surface area (Å²) in [6.07, 6.45) is 2.18. The van der Waals surface area contributed by atoms with Crippen LogP contribution in [0.3, 0.4) is 0 Å². The van der Waals surface area contributed by atoms with E-state index in [2.05, 4.69) is 53.4 Å². The Kier molecular flexibility index (Phi) is 8.08. The van der Waals surface area contributed by atoms with Gasteiger partial charge in [-0.05, 0) is 55.3 Å². The summed E-state index contributed by atoms with van der Waals surface area (Å²) in [6, 6.07) is 16.3. The van der Waals surface area contributed by atoms with Crippen molar-refractivity contribution in [1.82, 2.24) is 9.80 Å². The van der Waals surface area contributed by atoms with E-state index >= 15 is 0 Å². The smallest absolute Gasteiger partial charge is 0.224 e. The van der Waals surface area contributed by atoms with Crippen LogP contribution in [-0.2, 0) is 17.8 Å². The molecule has 0 saturated carbocycles. The highest BCUT2D eigenvalue weighted by Gasteiger charge is 2.13. The van der Waals surface area contributed by atoms with Crippen LogP contribution >= 0.6 is 0 Å². The van der Waals surface area contributed by atoms with Crippen molar-refractivity contribution in [2.75, 3.05) is 45.2 Å². The van der Waals surface area contributed by atoms with Gasteiger partial charge in [-0.25, -0.2) is 0 Å². The summed E-state index contributed by atoms with van der Waals surface area (Å²) in [4.78, 5) is 17.0. The van der Waals surface area contributed by atoms with Crippen LogP contribution in [0.5, 0.6) is 5.75 Å². The summed E-state index contributed by atoms with van der Waals surface area (Å²) in [5.74, 6) is 0.889. The maximum absolute atomic E-state index is 12.2. The zero-order chi connectivity index (χ0) is 20.5. The molecular weight excluding hydrogens is 362 g/mol. The van der Waals surface area contributed by atoms with Crippen LogP contribution in [0, 0.1) is 0 Å². The molecular formula is C24H33N3O2. The maximum atomic E-state index is 12.2. The number of aryl methyl sites for hydroxylation is 1. The Bertz CT molecular complexity index is 751. The first-order valence-electron chi connectivity index (χ1n) is 10.6. The van der Waals surface area contributed by atoms with E-state index in [0.717, 1.165) is 50.6 Å². The molecule has 0 aromatic heterocycles. The van der Waals surface area contributed by atoms with Crippen LogP contribution in [0.4, 0.5) is 5.69 Å². The van der Waals surface area contributed by atoms with Gasteiger partial charge in [0.25, 0.3) is 0 Å². The SMILES string of the molecule is CCc1ccc(OCCCC(=O)Nc2ccc(CN3CCN(C)CC3)cc2)cc1. The zero-order valence-electron chi connectivity index (χ0n) is 17.7. The standard InChI is InChI=1S/C24H33N3O2/c1-3-20-8-12-23(13-9-20)29-18-4-5-24(28)25-22-10-6-21(7-11-22)19-27-16-14-26(2)15-17-27/h6-13H,3-5,14-19H2,1-2H3,(H,25,28). The van der Waals surface area contributed by atoms with E-state index in [4.69, 9.17) is 4.74 Å². The Hall–Kier alpha value is -2.37. The third kappa shape index (κ3) is 7.18. The van der Waals surface area contributed by atoms with Crippen molar-refractivity contribution >= 4 is 11.6 Å².